The Kier molecular flexibility index (Phi) is 5.70. The Morgan fingerprint density at radius 2 is 1.58 bits per heavy atom. The lowest BCUT2D eigenvalue weighted by molar-refractivity contribution is -0.117. The summed E-state index contributed by atoms with van der Waals surface area (Å²) in [6.07, 6.45) is -0.0101. The fourth-order valence-corrected chi connectivity index (χ4v) is 3.36. The number of benzene rings is 2. The van der Waals surface area contributed by atoms with Gasteiger partial charge in [-0.1, -0.05) is 30.3 Å². The van der Waals surface area contributed by atoms with Gasteiger partial charge in [-0.25, -0.2) is 8.42 Å². The molecule has 0 fully saturated rings. The summed E-state index contributed by atoms with van der Waals surface area (Å²) in [6.45, 7) is 0. The molecule has 6 nitrogen and oxygen atoms in total. The van der Waals surface area contributed by atoms with Crippen molar-refractivity contribution < 1.29 is 18.0 Å². The van der Waals surface area contributed by atoms with Crippen LogP contribution in [0.1, 0.15) is 12.0 Å². The Morgan fingerprint density at radius 1 is 0.958 bits per heavy atom. The fraction of sp³-hybridized carbons (Fsp3) is 0.176. The van der Waals surface area contributed by atoms with Crippen LogP contribution in [0.25, 0.3) is 0 Å². The molecule has 7 heteroatoms. The number of primary amides is 1. The number of carbonyl (C=O) groups is 2. The predicted molar refractivity (Wildman–Crippen MR) is 91.1 cm³/mol. The molecule has 2 rings (SSSR count). The van der Waals surface area contributed by atoms with E-state index in [4.69, 9.17) is 5.73 Å². The molecule has 0 aliphatic rings. The molecule has 0 radical (unpaired) electrons. The number of amides is 2. The molecule has 0 spiro atoms. The lowest BCUT2D eigenvalue weighted by Gasteiger charge is -2.07. The van der Waals surface area contributed by atoms with Gasteiger partial charge in [0.2, 0.25) is 11.8 Å². The maximum absolute atomic E-state index is 12.1. The quantitative estimate of drug-likeness (QED) is 0.792. The second-order valence-electron chi connectivity index (χ2n) is 5.27. The predicted octanol–water partition coefficient (Wildman–Crippen LogP) is 1.52. The smallest absolute Gasteiger partial charge is 0.225 e. The van der Waals surface area contributed by atoms with E-state index in [-0.39, 0.29) is 23.5 Å². The van der Waals surface area contributed by atoms with E-state index in [1.165, 1.54) is 12.1 Å². The zero-order valence-corrected chi connectivity index (χ0v) is 13.8. The first-order chi connectivity index (χ1) is 11.4. The van der Waals surface area contributed by atoms with Crippen molar-refractivity contribution in [3.05, 3.63) is 60.2 Å². The van der Waals surface area contributed by atoms with E-state index in [2.05, 4.69) is 5.32 Å². The molecule has 2 aromatic carbocycles. The van der Waals surface area contributed by atoms with Gasteiger partial charge in [0.1, 0.15) is 0 Å². The molecular weight excluding hydrogens is 328 g/mol. The molecule has 0 aliphatic carbocycles. The minimum Gasteiger partial charge on any atom is -0.369 e. The number of nitrogens with one attached hydrogen (secondary N) is 1. The summed E-state index contributed by atoms with van der Waals surface area (Å²) in [5.41, 5.74) is 6.38. The molecule has 2 aromatic rings. The van der Waals surface area contributed by atoms with Crippen molar-refractivity contribution in [1.82, 2.24) is 0 Å². The third-order valence-corrected chi connectivity index (χ3v) is 5.05. The first kappa shape index (κ1) is 17.7. The highest BCUT2D eigenvalue weighted by molar-refractivity contribution is 7.91. The number of nitrogens with two attached hydrogens (primary N) is 1. The number of rotatable bonds is 7. The van der Waals surface area contributed by atoms with Crippen LogP contribution in [0.3, 0.4) is 0 Å². The molecule has 24 heavy (non-hydrogen) atoms. The van der Waals surface area contributed by atoms with Gasteiger partial charge in [-0.3, -0.25) is 9.59 Å². The Morgan fingerprint density at radius 3 is 2.17 bits per heavy atom. The van der Waals surface area contributed by atoms with Crippen molar-refractivity contribution in [2.45, 2.75) is 17.7 Å². The van der Waals surface area contributed by atoms with Crippen molar-refractivity contribution in [2.75, 3.05) is 11.1 Å². The molecule has 126 valence electrons. The van der Waals surface area contributed by atoms with Gasteiger partial charge in [-0.15, -0.1) is 0 Å². The van der Waals surface area contributed by atoms with Gasteiger partial charge in [0.15, 0.2) is 9.84 Å². The van der Waals surface area contributed by atoms with Crippen molar-refractivity contribution in [2.24, 2.45) is 5.73 Å². The molecule has 0 saturated carbocycles. The molecule has 0 bridgehead atoms. The van der Waals surface area contributed by atoms with E-state index < -0.39 is 21.7 Å². The highest BCUT2D eigenvalue weighted by Crippen LogP contribution is 2.13. The standard InChI is InChI=1S/C17H18N2O4S/c18-16(20)12-13-6-8-14(9-7-13)19-17(21)10-11-24(22,23)15-4-2-1-3-5-15/h1-9H,10-12H2,(H2,18,20)(H,19,21). The molecule has 0 atom stereocenters. The minimum atomic E-state index is -3.48. The van der Waals surface area contributed by atoms with Gasteiger partial charge < -0.3 is 11.1 Å². The second-order valence-corrected chi connectivity index (χ2v) is 7.38. The normalized spacial score (nSPS) is 11.0. The van der Waals surface area contributed by atoms with Gasteiger partial charge in [0.25, 0.3) is 0 Å². The van der Waals surface area contributed by atoms with Crippen molar-refractivity contribution in [1.29, 1.82) is 0 Å². The van der Waals surface area contributed by atoms with Crippen LogP contribution in [0.15, 0.2) is 59.5 Å². The maximum Gasteiger partial charge on any atom is 0.225 e. The molecule has 3 N–H and O–H groups in total. The summed E-state index contributed by atoms with van der Waals surface area (Å²) in [5.74, 6) is -1.09. The fourth-order valence-electron chi connectivity index (χ4n) is 2.10. The molecule has 0 heterocycles. The van der Waals surface area contributed by atoms with E-state index in [0.29, 0.717) is 5.69 Å². The molecule has 0 unspecified atom stereocenters. The van der Waals surface area contributed by atoms with E-state index in [0.717, 1.165) is 5.56 Å². The average molecular weight is 346 g/mol. The van der Waals surface area contributed by atoms with E-state index in [1.54, 1.807) is 42.5 Å². The van der Waals surface area contributed by atoms with E-state index in [1.807, 2.05) is 0 Å². The van der Waals surface area contributed by atoms with Gasteiger partial charge in [0, 0.05) is 12.1 Å². The summed E-state index contributed by atoms with van der Waals surface area (Å²) < 4.78 is 24.2. The molecule has 0 aliphatic heterocycles. The number of hydrogen-bond acceptors (Lipinski definition) is 4. The summed E-state index contributed by atoms with van der Waals surface area (Å²) in [4.78, 5) is 22.9. The van der Waals surface area contributed by atoms with Crippen molar-refractivity contribution in [3.63, 3.8) is 0 Å². The summed E-state index contributed by atoms with van der Waals surface area (Å²) in [6, 6.07) is 14.7. The number of sulfone groups is 1. The third-order valence-electron chi connectivity index (χ3n) is 3.32. The van der Waals surface area contributed by atoms with Crippen LogP contribution in [0.4, 0.5) is 5.69 Å². The van der Waals surface area contributed by atoms with Crippen LogP contribution >= 0.6 is 0 Å². The van der Waals surface area contributed by atoms with Crippen molar-refractivity contribution in [3.8, 4) is 0 Å². The first-order valence-electron chi connectivity index (χ1n) is 7.32. The second kappa shape index (κ2) is 7.74. The van der Waals surface area contributed by atoms with Crippen LogP contribution < -0.4 is 11.1 Å². The lowest BCUT2D eigenvalue weighted by Crippen LogP contribution is -2.17. The van der Waals surface area contributed by atoms with Gasteiger partial charge >= 0.3 is 0 Å². The average Bonchev–Trinajstić information content (AvgIpc) is 2.55. The van der Waals surface area contributed by atoms with E-state index >= 15 is 0 Å². The van der Waals surface area contributed by atoms with Crippen LogP contribution in [0.5, 0.6) is 0 Å². The van der Waals surface area contributed by atoms with Crippen LogP contribution in [0.2, 0.25) is 0 Å². The molecule has 0 aromatic heterocycles. The van der Waals surface area contributed by atoms with E-state index in [9.17, 15) is 18.0 Å². The Bertz CT molecular complexity index is 815. The summed E-state index contributed by atoms with van der Waals surface area (Å²) >= 11 is 0. The molecular formula is C17H18N2O4S. The highest BCUT2D eigenvalue weighted by Gasteiger charge is 2.16. The SMILES string of the molecule is NC(=O)Cc1ccc(NC(=O)CCS(=O)(=O)c2ccccc2)cc1. The zero-order valence-electron chi connectivity index (χ0n) is 12.9. The van der Waals surface area contributed by atoms with Gasteiger partial charge in [0.05, 0.1) is 17.1 Å². The Labute approximate surface area is 140 Å². The largest absolute Gasteiger partial charge is 0.369 e. The Hall–Kier alpha value is -2.67. The summed E-state index contributed by atoms with van der Waals surface area (Å²) in [5, 5.41) is 2.63. The number of anilines is 1. The minimum absolute atomic E-state index is 0.129. The first-order valence-corrected chi connectivity index (χ1v) is 8.97. The third kappa shape index (κ3) is 5.20. The zero-order chi connectivity index (χ0) is 17.6. The topological polar surface area (TPSA) is 106 Å². The maximum atomic E-state index is 12.1. The Balaban J connectivity index is 1.90. The number of carbonyl (C=O) groups excluding carboxylic acids is 2. The van der Waals surface area contributed by atoms with Crippen LogP contribution in [0, 0.1) is 0 Å². The monoisotopic (exact) mass is 346 g/mol. The molecule has 0 saturated heterocycles. The number of hydrogen-bond donors (Lipinski definition) is 2. The van der Waals surface area contributed by atoms with Crippen molar-refractivity contribution >= 4 is 27.3 Å². The molecule has 2 amide bonds. The highest BCUT2D eigenvalue weighted by atomic mass is 32.2. The lowest BCUT2D eigenvalue weighted by atomic mass is 10.1. The van der Waals surface area contributed by atoms with Gasteiger partial charge in [-0.05, 0) is 29.8 Å². The van der Waals surface area contributed by atoms with Crippen LogP contribution in [-0.2, 0) is 25.8 Å². The van der Waals surface area contributed by atoms with Crippen LogP contribution in [-0.4, -0.2) is 26.0 Å². The van der Waals surface area contributed by atoms with Gasteiger partial charge in [-0.2, -0.15) is 0 Å². The summed E-state index contributed by atoms with van der Waals surface area (Å²) in [7, 11) is -3.48.